The van der Waals surface area contributed by atoms with Gasteiger partial charge in [-0.15, -0.1) is 0 Å². The minimum atomic E-state index is 0.188. The molecule has 1 saturated heterocycles. The van der Waals surface area contributed by atoms with Crippen LogP contribution in [0.25, 0.3) is 0 Å². The van der Waals surface area contributed by atoms with E-state index in [1.165, 1.54) is 0 Å². The molecule has 3 nitrogen and oxygen atoms in total. The highest BCUT2D eigenvalue weighted by molar-refractivity contribution is 5.52. The summed E-state index contributed by atoms with van der Waals surface area (Å²) in [7, 11) is 0. The van der Waals surface area contributed by atoms with Gasteiger partial charge >= 0.3 is 0 Å². The van der Waals surface area contributed by atoms with Gasteiger partial charge in [0.25, 0.3) is 0 Å². The van der Waals surface area contributed by atoms with Gasteiger partial charge in [-0.1, -0.05) is 13.8 Å². The Morgan fingerprint density at radius 3 is 2.75 bits per heavy atom. The fourth-order valence-corrected chi connectivity index (χ4v) is 1.44. The molecule has 0 aromatic rings. The highest BCUT2D eigenvalue weighted by Gasteiger charge is 2.22. The predicted molar refractivity (Wildman–Crippen MR) is 49.1 cm³/mol. The van der Waals surface area contributed by atoms with Crippen LogP contribution in [0.1, 0.15) is 26.7 Å². The predicted octanol–water partition coefficient (Wildman–Crippen LogP) is 0.668. The van der Waals surface area contributed by atoms with Crippen LogP contribution in [0, 0.1) is 0 Å². The van der Waals surface area contributed by atoms with Crippen LogP contribution in [0.15, 0.2) is 0 Å². The van der Waals surface area contributed by atoms with Gasteiger partial charge in [-0.3, -0.25) is 4.90 Å². The van der Waals surface area contributed by atoms with Crippen molar-refractivity contribution in [3.63, 3.8) is 0 Å². The maximum absolute atomic E-state index is 10.1. The smallest absolute Gasteiger partial charge is 0.133 e. The summed E-state index contributed by atoms with van der Waals surface area (Å²) >= 11 is 0. The molecule has 72 valence electrons. The molecule has 1 fully saturated rings. The Morgan fingerprint density at radius 1 is 1.58 bits per heavy atom. The molecular formula is C9H19NO2. The van der Waals surface area contributed by atoms with Crippen molar-refractivity contribution in [3.8, 4) is 0 Å². The summed E-state index contributed by atoms with van der Waals surface area (Å²) in [4.78, 5) is 12.1. The first-order valence-corrected chi connectivity index (χ1v) is 4.67. The maximum Gasteiger partial charge on any atom is 0.133 e. The number of aldehydes is 1. The third kappa shape index (κ3) is 3.32. The molecule has 12 heavy (non-hydrogen) atoms. The molecule has 1 heterocycles. The van der Waals surface area contributed by atoms with Gasteiger partial charge in [-0.05, 0) is 19.4 Å². The molecule has 1 aliphatic heterocycles. The van der Waals surface area contributed by atoms with Crippen LogP contribution in [0.4, 0.5) is 0 Å². The third-order valence-corrected chi connectivity index (χ3v) is 2.02. The summed E-state index contributed by atoms with van der Waals surface area (Å²) in [5.41, 5.74) is 0. The molecule has 1 N–H and O–H groups in total. The fourth-order valence-electron chi connectivity index (χ4n) is 1.44. The second-order valence-electron chi connectivity index (χ2n) is 2.64. The van der Waals surface area contributed by atoms with Crippen LogP contribution in [-0.4, -0.2) is 42.0 Å². The lowest BCUT2D eigenvalue weighted by molar-refractivity contribution is -0.109. The summed E-state index contributed by atoms with van der Waals surface area (Å²) < 4.78 is 0. The number of rotatable bonds is 3. The van der Waals surface area contributed by atoms with Crippen molar-refractivity contribution in [2.24, 2.45) is 0 Å². The quantitative estimate of drug-likeness (QED) is 0.638. The van der Waals surface area contributed by atoms with Gasteiger partial charge in [0.2, 0.25) is 0 Å². The van der Waals surface area contributed by atoms with Gasteiger partial charge in [0.05, 0.1) is 13.2 Å². The standard InChI is InChI=1S/C7H13NO2.C2H6/c9-5-4-8-3-1-2-7(8)6-10;1-2/h5,7,10H,1-4,6H2;1-2H3/t7-;/m0./s1. The Kier molecular flexibility index (Phi) is 7.00. The lowest BCUT2D eigenvalue weighted by Gasteiger charge is -2.18. The molecule has 0 aromatic heterocycles. The number of nitrogens with zero attached hydrogens (tertiary/aromatic N) is 1. The molecule has 0 spiro atoms. The molecule has 3 heteroatoms. The molecule has 0 unspecified atom stereocenters. The lowest BCUT2D eigenvalue weighted by Crippen LogP contribution is -2.33. The summed E-state index contributed by atoms with van der Waals surface area (Å²) in [6.45, 7) is 5.63. The number of aliphatic hydroxyl groups is 1. The van der Waals surface area contributed by atoms with E-state index in [0.29, 0.717) is 6.54 Å². The topological polar surface area (TPSA) is 40.5 Å². The van der Waals surface area contributed by atoms with Crippen LogP contribution in [0.3, 0.4) is 0 Å². The minimum absolute atomic E-state index is 0.188. The van der Waals surface area contributed by atoms with E-state index in [4.69, 9.17) is 5.11 Å². The molecule has 0 aromatic carbocycles. The second kappa shape index (κ2) is 7.25. The first kappa shape index (κ1) is 11.6. The zero-order chi connectivity index (χ0) is 9.40. The van der Waals surface area contributed by atoms with E-state index in [1.807, 2.05) is 18.7 Å². The van der Waals surface area contributed by atoms with Crippen LogP contribution >= 0.6 is 0 Å². The van der Waals surface area contributed by atoms with E-state index in [2.05, 4.69) is 0 Å². The Labute approximate surface area is 74.4 Å². The van der Waals surface area contributed by atoms with Gasteiger partial charge in [0, 0.05) is 6.04 Å². The second-order valence-corrected chi connectivity index (χ2v) is 2.64. The SMILES string of the molecule is CC.O=CCN1CCC[C@H]1CO. The number of hydrogen-bond donors (Lipinski definition) is 1. The van der Waals surface area contributed by atoms with E-state index < -0.39 is 0 Å². The van der Waals surface area contributed by atoms with Gasteiger partial charge in [-0.2, -0.15) is 0 Å². The Balaban J connectivity index is 0.000000561. The average molecular weight is 173 g/mol. The Hall–Kier alpha value is -0.410. The highest BCUT2D eigenvalue weighted by Crippen LogP contribution is 2.14. The average Bonchev–Trinajstić information content (AvgIpc) is 2.56. The van der Waals surface area contributed by atoms with Crippen molar-refractivity contribution in [1.29, 1.82) is 0 Å². The first-order chi connectivity index (χ1) is 5.88. The van der Waals surface area contributed by atoms with Crippen molar-refractivity contribution in [2.75, 3.05) is 19.7 Å². The molecule has 0 aliphatic carbocycles. The fraction of sp³-hybridized carbons (Fsp3) is 0.889. The zero-order valence-electron chi connectivity index (χ0n) is 7.99. The van der Waals surface area contributed by atoms with Gasteiger partial charge < -0.3 is 9.90 Å². The number of likely N-dealkylation sites (tertiary alicyclic amines) is 1. The number of carbonyl (C=O) groups excluding carboxylic acids is 1. The molecule has 1 atom stereocenters. The van der Waals surface area contributed by atoms with E-state index in [0.717, 1.165) is 25.7 Å². The van der Waals surface area contributed by atoms with E-state index >= 15 is 0 Å². The Morgan fingerprint density at radius 2 is 2.25 bits per heavy atom. The van der Waals surface area contributed by atoms with Crippen molar-refractivity contribution in [1.82, 2.24) is 4.90 Å². The van der Waals surface area contributed by atoms with Crippen LogP contribution in [0.2, 0.25) is 0 Å². The maximum atomic E-state index is 10.1. The molecule has 0 bridgehead atoms. The van der Waals surface area contributed by atoms with Crippen molar-refractivity contribution < 1.29 is 9.90 Å². The van der Waals surface area contributed by atoms with E-state index in [-0.39, 0.29) is 12.6 Å². The van der Waals surface area contributed by atoms with Crippen LogP contribution < -0.4 is 0 Å². The molecule has 0 radical (unpaired) electrons. The number of carbonyl (C=O) groups is 1. The van der Waals surface area contributed by atoms with Crippen molar-refractivity contribution in [3.05, 3.63) is 0 Å². The van der Waals surface area contributed by atoms with E-state index in [9.17, 15) is 4.79 Å². The molecule has 1 aliphatic rings. The van der Waals surface area contributed by atoms with Gasteiger partial charge in [0.15, 0.2) is 0 Å². The van der Waals surface area contributed by atoms with Gasteiger partial charge in [-0.25, -0.2) is 0 Å². The largest absolute Gasteiger partial charge is 0.395 e. The zero-order valence-corrected chi connectivity index (χ0v) is 7.99. The summed E-state index contributed by atoms with van der Waals surface area (Å²) in [6, 6.07) is 0.241. The number of aliphatic hydroxyl groups excluding tert-OH is 1. The Bertz CT molecular complexity index is 117. The highest BCUT2D eigenvalue weighted by atomic mass is 16.3. The normalized spacial score (nSPS) is 23.1. The van der Waals surface area contributed by atoms with Gasteiger partial charge in [0.1, 0.15) is 6.29 Å². The van der Waals surface area contributed by atoms with Crippen LogP contribution in [0.5, 0.6) is 0 Å². The monoisotopic (exact) mass is 173 g/mol. The third-order valence-electron chi connectivity index (χ3n) is 2.02. The van der Waals surface area contributed by atoms with Crippen LogP contribution in [-0.2, 0) is 4.79 Å². The molecule has 0 saturated carbocycles. The minimum Gasteiger partial charge on any atom is -0.395 e. The van der Waals surface area contributed by atoms with E-state index in [1.54, 1.807) is 0 Å². The van der Waals surface area contributed by atoms with Crippen molar-refractivity contribution in [2.45, 2.75) is 32.7 Å². The molecular weight excluding hydrogens is 154 g/mol. The summed E-state index contributed by atoms with van der Waals surface area (Å²) in [5, 5.41) is 8.81. The lowest BCUT2D eigenvalue weighted by atomic mass is 10.2. The summed E-state index contributed by atoms with van der Waals surface area (Å²) in [6.07, 6.45) is 3.04. The molecule has 1 rings (SSSR count). The summed E-state index contributed by atoms with van der Waals surface area (Å²) in [5.74, 6) is 0. The van der Waals surface area contributed by atoms with Crippen molar-refractivity contribution >= 4 is 6.29 Å². The number of hydrogen-bond acceptors (Lipinski definition) is 3. The molecule has 0 amide bonds. The first-order valence-electron chi connectivity index (χ1n) is 4.67.